The molecule has 0 aliphatic rings. The minimum Gasteiger partial charge on any atom is -0.347 e. The van der Waals surface area contributed by atoms with E-state index < -0.39 is 0 Å². The zero-order valence-corrected chi connectivity index (χ0v) is 12.5. The molecule has 110 valence electrons. The van der Waals surface area contributed by atoms with Gasteiger partial charge in [-0.2, -0.15) is 0 Å². The first-order valence-electron chi connectivity index (χ1n) is 6.77. The van der Waals surface area contributed by atoms with Crippen LogP contribution in [0, 0.1) is 0 Å². The van der Waals surface area contributed by atoms with E-state index in [1.807, 2.05) is 32.9 Å². The van der Waals surface area contributed by atoms with E-state index in [-0.39, 0.29) is 17.0 Å². The molecule has 2 heterocycles. The maximum absolute atomic E-state index is 12.1. The summed E-state index contributed by atoms with van der Waals surface area (Å²) in [5, 5.41) is 2.88. The minimum absolute atomic E-state index is 0.140. The molecule has 5 heteroatoms. The maximum atomic E-state index is 12.1. The highest BCUT2D eigenvalue weighted by atomic mass is 16.2. The Morgan fingerprint density at radius 1 is 1.19 bits per heavy atom. The lowest BCUT2D eigenvalue weighted by Gasteiger charge is -2.20. The summed E-state index contributed by atoms with van der Waals surface area (Å²) < 4.78 is 1.52. The van der Waals surface area contributed by atoms with Gasteiger partial charge in [-0.05, 0) is 44.5 Å². The molecule has 0 fully saturated rings. The summed E-state index contributed by atoms with van der Waals surface area (Å²) in [4.78, 5) is 28.0. The summed E-state index contributed by atoms with van der Waals surface area (Å²) in [6.45, 7) is 6.16. The first kappa shape index (κ1) is 15.0. The first-order chi connectivity index (χ1) is 9.85. The molecule has 21 heavy (non-hydrogen) atoms. The van der Waals surface area contributed by atoms with E-state index in [1.54, 1.807) is 24.7 Å². The van der Waals surface area contributed by atoms with Gasteiger partial charge >= 0.3 is 0 Å². The molecule has 0 atom stereocenters. The van der Waals surface area contributed by atoms with E-state index in [4.69, 9.17) is 0 Å². The van der Waals surface area contributed by atoms with Gasteiger partial charge in [0.05, 0.1) is 12.1 Å². The molecule has 2 aromatic rings. The smallest absolute Gasteiger partial charge is 0.253 e. The third-order valence-corrected chi connectivity index (χ3v) is 2.84. The van der Waals surface area contributed by atoms with Crippen molar-refractivity contribution in [3.63, 3.8) is 0 Å². The topological polar surface area (TPSA) is 64.0 Å². The highest BCUT2D eigenvalue weighted by molar-refractivity contribution is 5.94. The minimum atomic E-state index is -0.316. The van der Waals surface area contributed by atoms with Crippen LogP contribution in [0.4, 0.5) is 0 Å². The summed E-state index contributed by atoms with van der Waals surface area (Å²) in [5.74, 6) is -0.189. The Labute approximate surface area is 123 Å². The molecule has 5 nitrogen and oxygen atoms in total. The third-order valence-electron chi connectivity index (χ3n) is 2.84. The second-order valence-corrected chi connectivity index (χ2v) is 5.94. The molecule has 2 aromatic heterocycles. The Morgan fingerprint density at radius 3 is 2.48 bits per heavy atom. The fraction of sp³-hybridized carbons (Fsp3) is 0.312. The Hall–Kier alpha value is -2.43. The quantitative estimate of drug-likeness (QED) is 0.935. The third kappa shape index (κ3) is 4.27. The number of aromatic nitrogens is 2. The van der Waals surface area contributed by atoms with Crippen molar-refractivity contribution < 1.29 is 4.79 Å². The summed E-state index contributed by atoms with van der Waals surface area (Å²) >= 11 is 0. The van der Waals surface area contributed by atoms with Gasteiger partial charge in [-0.3, -0.25) is 14.6 Å². The molecule has 0 radical (unpaired) electrons. The summed E-state index contributed by atoms with van der Waals surface area (Å²) in [5.41, 5.74) is 0.974. The second kappa shape index (κ2) is 5.91. The second-order valence-electron chi connectivity index (χ2n) is 5.94. The van der Waals surface area contributed by atoms with Crippen molar-refractivity contribution in [2.75, 3.05) is 0 Å². The summed E-state index contributed by atoms with van der Waals surface area (Å²) in [6, 6.07) is 6.65. The molecule has 0 aliphatic heterocycles. The number of nitrogens with zero attached hydrogens (tertiary/aromatic N) is 2. The van der Waals surface area contributed by atoms with E-state index in [9.17, 15) is 9.59 Å². The van der Waals surface area contributed by atoms with Crippen LogP contribution in [-0.4, -0.2) is 21.0 Å². The first-order valence-corrected chi connectivity index (χ1v) is 6.77. The molecule has 0 spiro atoms. The average Bonchev–Trinajstić information content (AvgIpc) is 2.40. The van der Waals surface area contributed by atoms with E-state index in [2.05, 4.69) is 10.3 Å². The number of amides is 1. The number of hydrogen-bond acceptors (Lipinski definition) is 3. The van der Waals surface area contributed by atoms with Gasteiger partial charge in [-0.1, -0.05) is 0 Å². The molecule has 2 rings (SSSR count). The van der Waals surface area contributed by atoms with Crippen molar-refractivity contribution in [2.24, 2.45) is 0 Å². The van der Waals surface area contributed by atoms with Gasteiger partial charge in [0.15, 0.2) is 0 Å². The summed E-state index contributed by atoms with van der Waals surface area (Å²) in [6.07, 6.45) is 4.94. The van der Waals surface area contributed by atoms with Crippen LogP contribution >= 0.6 is 0 Å². The molecular weight excluding hydrogens is 266 g/mol. The summed E-state index contributed by atoms with van der Waals surface area (Å²) in [7, 11) is 0. The van der Waals surface area contributed by atoms with Gasteiger partial charge in [0.1, 0.15) is 0 Å². The molecule has 0 aliphatic carbocycles. The van der Waals surface area contributed by atoms with Crippen LogP contribution < -0.4 is 10.9 Å². The van der Waals surface area contributed by atoms with E-state index in [1.165, 1.54) is 10.6 Å². The van der Waals surface area contributed by atoms with Crippen molar-refractivity contribution in [1.29, 1.82) is 0 Å². The van der Waals surface area contributed by atoms with Crippen LogP contribution in [0.5, 0.6) is 0 Å². The van der Waals surface area contributed by atoms with Gasteiger partial charge in [0.25, 0.3) is 11.5 Å². The van der Waals surface area contributed by atoms with Gasteiger partial charge < -0.3 is 9.88 Å². The van der Waals surface area contributed by atoms with Crippen molar-refractivity contribution in [2.45, 2.75) is 32.9 Å². The predicted octanol–water partition coefficient (Wildman–Crippen LogP) is 1.82. The van der Waals surface area contributed by atoms with Gasteiger partial charge in [-0.15, -0.1) is 0 Å². The molecule has 0 saturated heterocycles. The fourth-order valence-corrected chi connectivity index (χ4v) is 1.89. The highest BCUT2D eigenvalue weighted by Crippen LogP contribution is 2.05. The fourth-order valence-electron chi connectivity index (χ4n) is 1.89. The van der Waals surface area contributed by atoms with E-state index >= 15 is 0 Å². The molecule has 1 N–H and O–H groups in total. The zero-order valence-electron chi connectivity index (χ0n) is 12.5. The number of rotatable bonds is 3. The number of pyridine rings is 2. The van der Waals surface area contributed by atoms with Crippen molar-refractivity contribution in [1.82, 2.24) is 14.9 Å². The maximum Gasteiger partial charge on any atom is 0.253 e. The van der Waals surface area contributed by atoms with Crippen LogP contribution in [0.3, 0.4) is 0 Å². The lowest BCUT2D eigenvalue weighted by molar-refractivity contribution is 0.0918. The Kier molecular flexibility index (Phi) is 4.21. The van der Waals surface area contributed by atoms with Crippen molar-refractivity contribution in [3.05, 3.63) is 64.3 Å². The largest absolute Gasteiger partial charge is 0.347 e. The van der Waals surface area contributed by atoms with Crippen LogP contribution in [0.1, 0.15) is 36.7 Å². The van der Waals surface area contributed by atoms with E-state index in [0.29, 0.717) is 12.1 Å². The number of nitrogens with one attached hydrogen (secondary N) is 1. The molecule has 0 bridgehead atoms. The van der Waals surface area contributed by atoms with E-state index in [0.717, 1.165) is 5.56 Å². The monoisotopic (exact) mass is 285 g/mol. The normalized spacial score (nSPS) is 11.2. The van der Waals surface area contributed by atoms with Crippen LogP contribution in [0.25, 0.3) is 0 Å². The van der Waals surface area contributed by atoms with Gasteiger partial charge in [0, 0.05) is 30.2 Å². The SMILES string of the molecule is CC(C)(C)NC(=O)c1ccc(=O)n(Cc2ccncc2)c1. The molecule has 0 saturated carbocycles. The lowest BCUT2D eigenvalue weighted by Crippen LogP contribution is -2.41. The van der Waals surface area contributed by atoms with Gasteiger partial charge in [0.2, 0.25) is 0 Å². The predicted molar refractivity (Wildman–Crippen MR) is 81.3 cm³/mol. The Morgan fingerprint density at radius 2 is 1.86 bits per heavy atom. The van der Waals surface area contributed by atoms with Crippen LogP contribution in [0.15, 0.2) is 47.7 Å². The molecule has 0 unspecified atom stereocenters. The zero-order chi connectivity index (χ0) is 15.5. The number of carbonyl (C=O) groups excluding carboxylic acids is 1. The number of hydrogen-bond donors (Lipinski definition) is 1. The molecule has 0 aromatic carbocycles. The van der Waals surface area contributed by atoms with Crippen molar-refractivity contribution in [3.8, 4) is 0 Å². The Bertz CT molecular complexity index is 685. The highest BCUT2D eigenvalue weighted by Gasteiger charge is 2.15. The average molecular weight is 285 g/mol. The van der Waals surface area contributed by atoms with Gasteiger partial charge in [-0.25, -0.2) is 0 Å². The molecular formula is C16H19N3O2. The standard InChI is InChI=1S/C16H19N3O2/c1-16(2,3)18-15(21)13-4-5-14(20)19(11-13)10-12-6-8-17-9-7-12/h4-9,11H,10H2,1-3H3,(H,18,21). The Balaban J connectivity index is 2.25. The van der Waals surface area contributed by atoms with Crippen LogP contribution in [0.2, 0.25) is 0 Å². The van der Waals surface area contributed by atoms with Crippen LogP contribution in [-0.2, 0) is 6.54 Å². The van der Waals surface area contributed by atoms with Crippen molar-refractivity contribution >= 4 is 5.91 Å². The molecule has 1 amide bonds. The lowest BCUT2D eigenvalue weighted by atomic mass is 10.1. The number of carbonyl (C=O) groups is 1.